The Morgan fingerprint density at radius 1 is 0.833 bits per heavy atom. The summed E-state index contributed by atoms with van der Waals surface area (Å²) in [5.41, 5.74) is 2.58. The van der Waals surface area contributed by atoms with Crippen LogP contribution in [0.5, 0.6) is 0 Å². The van der Waals surface area contributed by atoms with E-state index in [1.54, 1.807) is 29.2 Å². The molecule has 1 aliphatic carbocycles. The van der Waals surface area contributed by atoms with E-state index in [1.807, 2.05) is 48.5 Å². The first-order valence-electron chi connectivity index (χ1n) is 12.2. The first kappa shape index (κ1) is 26.5. The average molecular weight is 544 g/mol. The van der Waals surface area contributed by atoms with Gasteiger partial charge in [0.1, 0.15) is 6.04 Å². The van der Waals surface area contributed by atoms with Crippen molar-refractivity contribution < 1.29 is 9.59 Å². The number of benzene rings is 3. The molecule has 0 unspecified atom stereocenters. The van der Waals surface area contributed by atoms with Crippen molar-refractivity contribution >= 4 is 46.6 Å². The van der Waals surface area contributed by atoms with Crippen LogP contribution in [0.2, 0.25) is 15.1 Å². The molecule has 2 amide bonds. The average Bonchev–Trinajstić information content (AvgIpc) is 3.37. The fourth-order valence-electron chi connectivity index (χ4n) is 4.68. The van der Waals surface area contributed by atoms with E-state index in [0.29, 0.717) is 21.5 Å². The molecule has 0 radical (unpaired) electrons. The van der Waals surface area contributed by atoms with Gasteiger partial charge in [-0.15, -0.1) is 0 Å². The number of rotatable bonds is 9. The molecule has 0 bridgehead atoms. The molecule has 1 fully saturated rings. The molecule has 0 spiro atoms. The van der Waals surface area contributed by atoms with Gasteiger partial charge in [0.2, 0.25) is 11.8 Å². The largest absolute Gasteiger partial charge is 0.352 e. The molecule has 3 aromatic carbocycles. The highest BCUT2D eigenvalue weighted by molar-refractivity contribution is 6.42. The normalized spacial score (nSPS) is 14.4. The summed E-state index contributed by atoms with van der Waals surface area (Å²) in [7, 11) is 0. The molecular weight excluding hydrogens is 515 g/mol. The van der Waals surface area contributed by atoms with E-state index in [2.05, 4.69) is 5.32 Å². The van der Waals surface area contributed by atoms with Gasteiger partial charge >= 0.3 is 0 Å². The summed E-state index contributed by atoms with van der Waals surface area (Å²) in [4.78, 5) is 29.2. The Morgan fingerprint density at radius 3 is 2.25 bits per heavy atom. The van der Waals surface area contributed by atoms with E-state index >= 15 is 0 Å². The van der Waals surface area contributed by atoms with E-state index in [1.165, 1.54) is 0 Å². The van der Waals surface area contributed by atoms with Crippen molar-refractivity contribution in [1.29, 1.82) is 0 Å². The predicted octanol–water partition coefficient (Wildman–Crippen LogP) is 6.89. The highest BCUT2D eigenvalue weighted by Crippen LogP contribution is 2.25. The first-order chi connectivity index (χ1) is 17.4. The summed E-state index contributed by atoms with van der Waals surface area (Å²) in [6.07, 6.45) is 4.68. The third-order valence-corrected chi connectivity index (χ3v) is 7.53. The number of halogens is 3. The Balaban J connectivity index is 1.67. The second-order valence-electron chi connectivity index (χ2n) is 9.27. The third-order valence-electron chi connectivity index (χ3n) is 6.55. The van der Waals surface area contributed by atoms with Gasteiger partial charge in [-0.1, -0.05) is 96.2 Å². The fourth-order valence-corrected chi connectivity index (χ4v) is 5.21. The minimum Gasteiger partial charge on any atom is -0.352 e. The molecule has 0 heterocycles. The Labute approximate surface area is 227 Å². The first-order valence-corrected chi connectivity index (χ1v) is 13.3. The van der Waals surface area contributed by atoms with Crippen LogP contribution in [0.3, 0.4) is 0 Å². The van der Waals surface area contributed by atoms with Crippen molar-refractivity contribution in [2.45, 2.75) is 57.2 Å². The Bertz CT molecular complexity index is 1200. The van der Waals surface area contributed by atoms with E-state index in [0.717, 1.165) is 42.4 Å². The molecule has 188 valence electrons. The topological polar surface area (TPSA) is 49.4 Å². The maximum absolute atomic E-state index is 13.8. The van der Waals surface area contributed by atoms with Gasteiger partial charge < -0.3 is 10.2 Å². The molecule has 1 aliphatic rings. The number of amides is 2. The van der Waals surface area contributed by atoms with Crippen LogP contribution in [0.15, 0.2) is 72.8 Å². The fraction of sp³-hybridized carbons (Fsp3) is 0.310. The van der Waals surface area contributed by atoms with Crippen molar-refractivity contribution in [3.8, 4) is 0 Å². The van der Waals surface area contributed by atoms with Crippen LogP contribution in [0.25, 0.3) is 0 Å². The highest BCUT2D eigenvalue weighted by Gasteiger charge is 2.32. The molecular formula is C29H29Cl3N2O2. The van der Waals surface area contributed by atoms with Crippen molar-refractivity contribution in [2.24, 2.45) is 0 Å². The lowest BCUT2D eigenvalue weighted by molar-refractivity contribution is -0.141. The summed E-state index contributed by atoms with van der Waals surface area (Å²) in [5.74, 6) is -0.295. The molecule has 0 aromatic heterocycles. The molecule has 1 atom stereocenters. The number of hydrogen-bond donors (Lipinski definition) is 1. The van der Waals surface area contributed by atoms with Gasteiger partial charge in [0.05, 0.1) is 16.5 Å². The zero-order chi connectivity index (χ0) is 25.5. The molecule has 36 heavy (non-hydrogen) atoms. The second kappa shape index (κ2) is 12.6. The summed E-state index contributed by atoms with van der Waals surface area (Å²) >= 11 is 18.6. The Hall–Kier alpha value is -2.53. The molecule has 1 N–H and O–H groups in total. The Morgan fingerprint density at radius 2 is 1.56 bits per heavy atom. The number of hydrogen-bond acceptors (Lipinski definition) is 2. The summed E-state index contributed by atoms with van der Waals surface area (Å²) in [5, 5.41) is 4.63. The Kier molecular flexibility index (Phi) is 9.30. The van der Waals surface area contributed by atoms with Crippen molar-refractivity contribution in [1.82, 2.24) is 10.2 Å². The van der Waals surface area contributed by atoms with Crippen molar-refractivity contribution in [3.05, 3.63) is 105 Å². The van der Waals surface area contributed by atoms with Crippen LogP contribution in [-0.4, -0.2) is 28.8 Å². The second-order valence-corrected chi connectivity index (χ2v) is 10.5. The molecule has 7 heteroatoms. The lowest BCUT2D eigenvalue weighted by Gasteiger charge is -2.32. The van der Waals surface area contributed by atoms with Crippen LogP contribution >= 0.6 is 34.8 Å². The van der Waals surface area contributed by atoms with Gasteiger partial charge in [-0.05, 0) is 53.8 Å². The standard InChI is InChI=1S/C29H29Cl3N2O2/c30-23-10-6-9-21(15-23)18-28(35)34(19-22-13-14-25(31)26(32)16-22)27(17-20-7-2-1-3-8-20)29(36)33-24-11-4-5-12-24/h1-3,6-10,13-16,24,27H,4-5,11-12,17-19H2,(H,33,36)/t27-/m1/s1. The lowest BCUT2D eigenvalue weighted by Crippen LogP contribution is -2.52. The maximum Gasteiger partial charge on any atom is 0.243 e. The SMILES string of the molecule is O=C(NC1CCCC1)[C@@H](Cc1ccccc1)N(Cc1ccc(Cl)c(Cl)c1)C(=O)Cc1cccc(Cl)c1. The lowest BCUT2D eigenvalue weighted by atomic mass is 10.0. The summed E-state index contributed by atoms with van der Waals surface area (Å²) in [6, 6.07) is 21.8. The third kappa shape index (κ3) is 7.25. The molecule has 0 saturated heterocycles. The summed E-state index contributed by atoms with van der Waals surface area (Å²) in [6.45, 7) is 0.228. The van der Waals surface area contributed by atoms with Crippen LogP contribution in [0.4, 0.5) is 0 Å². The minimum absolute atomic E-state index is 0.129. The van der Waals surface area contributed by atoms with E-state index in [4.69, 9.17) is 34.8 Å². The summed E-state index contributed by atoms with van der Waals surface area (Å²) < 4.78 is 0. The zero-order valence-corrected chi connectivity index (χ0v) is 22.2. The number of carbonyl (C=O) groups excluding carboxylic acids is 2. The molecule has 4 rings (SSSR count). The van der Waals surface area contributed by atoms with Gasteiger partial charge in [0.15, 0.2) is 0 Å². The van der Waals surface area contributed by atoms with Gasteiger partial charge in [0.25, 0.3) is 0 Å². The van der Waals surface area contributed by atoms with E-state index in [-0.39, 0.29) is 30.8 Å². The van der Waals surface area contributed by atoms with Gasteiger partial charge in [-0.25, -0.2) is 0 Å². The predicted molar refractivity (Wildman–Crippen MR) is 147 cm³/mol. The van der Waals surface area contributed by atoms with Crippen molar-refractivity contribution in [3.63, 3.8) is 0 Å². The van der Waals surface area contributed by atoms with Crippen LogP contribution in [-0.2, 0) is 29.0 Å². The van der Waals surface area contributed by atoms with Gasteiger partial charge in [-0.3, -0.25) is 9.59 Å². The minimum atomic E-state index is -0.686. The van der Waals surface area contributed by atoms with Crippen molar-refractivity contribution in [2.75, 3.05) is 0 Å². The van der Waals surface area contributed by atoms with Gasteiger partial charge in [0, 0.05) is 24.0 Å². The zero-order valence-electron chi connectivity index (χ0n) is 19.9. The molecule has 3 aromatic rings. The number of nitrogens with one attached hydrogen (secondary N) is 1. The van der Waals surface area contributed by atoms with Crippen LogP contribution in [0, 0.1) is 0 Å². The quantitative estimate of drug-likeness (QED) is 0.319. The maximum atomic E-state index is 13.8. The number of nitrogens with zero attached hydrogens (tertiary/aromatic N) is 1. The molecule has 0 aliphatic heterocycles. The van der Waals surface area contributed by atoms with Crippen LogP contribution in [0.1, 0.15) is 42.4 Å². The van der Waals surface area contributed by atoms with Gasteiger partial charge in [-0.2, -0.15) is 0 Å². The van der Waals surface area contributed by atoms with E-state index < -0.39 is 6.04 Å². The highest BCUT2D eigenvalue weighted by atomic mass is 35.5. The number of carbonyl (C=O) groups is 2. The van der Waals surface area contributed by atoms with Crippen LogP contribution < -0.4 is 5.32 Å². The smallest absolute Gasteiger partial charge is 0.243 e. The monoisotopic (exact) mass is 542 g/mol. The van der Waals surface area contributed by atoms with E-state index in [9.17, 15) is 9.59 Å². The molecule has 1 saturated carbocycles. The molecule has 4 nitrogen and oxygen atoms in total.